The minimum atomic E-state index is 0.124. The van der Waals surface area contributed by atoms with Gasteiger partial charge >= 0.3 is 0 Å². The fraction of sp³-hybridized carbons (Fsp3) is 1.00. The van der Waals surface area contributed by atoms with Gasteiger partial charge in [0.2, 0.25) is 0 Å². The summed E-state index contributed by atoms with van der Waals surface area (Å²) in [6.07, 6.45) is 26.0. The molecule has 0 aromatic heterocycles. The summed E-state index contributed by atoms with van der Waals surface area (Å²) in [5, 5.41) is 12.4. The highest BCUT2D eigenvalue weighted by molar-refractivity contribution is 4.55. The Morgan fingerprint density at radius 3 is 1.28 bits per heavy atom. The van der Waals surface area contributed by atoms with Crippen molar-refractivity contribution in [2.75, 3.05) is 19.6 Å². The molecule has 0 radical (unpaired) electrons. The van der Waals surface area contributed by atoms with E-state index >= 15 is 0 Å². The van der Waals surface area contributed by atoms with Crippen LogP contribution in [0.2, 0.25) is 0 Å². The number of hydrogen-bond acceptors (Lipinski definition) is 1. The monoisotopic (exact) mass is 353 g/mol. The highest BCUT2D eigenvalue weighted by Crippen LogP contribution is 2.19. The first-order valence-electron chi connectivity index (χ1n) is 11.8. The first kappa shape index (κ1) is 23.0. The summed E-state index contributed by atoms with van der Waals surface area (Å²) in [7, 11) is 0. The summed E-state index contributed by atoms with van der Waals surface area (Å²) in [5.74, 6) is 0. The number of nitrogens with zero attached hydrogens (tertiary/aromatic N) is 1. The highest BCUT2D eigenvalue weighted by Gasteiger charge is 2.19. The molecule has 0 amide bonds. The number of quaternary nitrogens is 1. The highest BCUT2D eigenvalue weighted by atomic mass is 16.5. The van der Waals surface area contributed by atoms with Gasteiger partial charge in [0.1, 0.15) is 0 Å². The number of hydroxylamine groups is 3. The lowest BCUT2D eigenvalue weighted by molar-refractivity contribution is -0.885. The molecule has 0 saturated carbocycles. The van der Waals surface area contributed by atoms with Crippen LogP contribution in [0.4, 0.5) is 0 Å². The van der Waals surface area contributed by atoms with Crippen molar-refractivity contribution < 1.29 is 4.65 Å². The molecule has 1 fully saturated rings. The van der Waals surface area contributed by atoms with Gasteiger partial charge in [-0.05, 0) is 32.1 Å². The lowest BCUT2D eigenvalue weighted by atomic mass is 10.0. The predicted molar refractivity (Wildman–Crippen MR) is 112 cm³/mol. The van der Waals surface area contributed by atoms with Gasteiger partial charge in [-0.15, -0.1) is 0 Å². The molecule has 1 aliphatic heterocycles. The summed E-state index contributed by atoms with van der Waals surface area (Å²) in [6, 6.07) is 0. The summed E-state index contributed by atoms with van der Waals surface area (Å²) in [4.78, 5) is 0. The van der Waals surface area contributed by atoms with E-state index in [4.69, 9.17) is 0 Å². The van der Waals surface area contributed by atoms with Crippen molar-refractivity contribution >= 4 is 0 Å². The summed E-state index contributed by atoms with van der Waals surface area (Å²) < 4.78 is 0.124. The Labute approximate surface area is 158 Å². The maximum absolute atomic E-state index is 12.4. The second-order valence-electron chi connectivity index (χ2n) is 8.59. The Balaban J connectivity index is 1.72. The summed E-state index contributed by atoms with van der Waals surface area (Å²) in [5.41, 5.74) is 0. The standard InChI is InChI=1S/C23H47NO/c1-2-3-4-5-6-7-8-9-10-11-12-13-14-15-16-18-21-24(25)22-19-17-20-23-24/h2-23H2,1H3. The minimum absolute atomic E-state index is 0.124. The fourth-order valence-electron chi connectivity index (χ4n) is 4.26. The molecule has 1 saturated heterocycles. The van der Waals surface area contributed by atoms with Crippen molar-refractivity contribution in [1.82, 2.24) is 0 Å². The first-order valence-corrected chi connectivity index (χ1v) is 11.8. The SMILES string of the molecule is CCCCCCCCCCCCCCCCCC[N+]1([O-])CCCCC1. The van der Waals surface area contributed by atoms with E-state index in [1.807, 2.05) is 0 Å². The number of unbranched alkanes of at least 4 members (excludes halogenated alkanes) is 15. The molecular weight excluding hydrogens is 306 g/mol. The molecule has 1 aliphatic rings. The fourth-order valence-corrected chi connectivity index (χ4v) is 4.26. The van der Waals surface area contributed by atoms with Gasteiger partial charge in [-0.25, -0.2) is 0 Å². The van der Waals surface area contributed by atoms with Gasteiger partial charge in [0.05, 0.1) is 19.6 Å². The largest absolute Gasteiger partial charge is 0.633 e. The molecule has 0 bridgehead atoms. The van der Waals surface area contributed by atoms with E-state index in [1.165, 1.54) is 103 Å². The Bertz CT molecular complexity index is 273. The molecule has 150 valence electrons. The Hall–Kier alpha value is -0.0800. The second-order valence-corrected chi connectivity index (χ2v) is 8.59. The zero-order valence-corrected chi connectivity index (χ0v) is 17.4. The normalized spacial score (nSPS) is 17.0. The van der Waals surface area contributed by atoms with E-state index < -0.39 is 0 Å². The van der Waals surface area contributed by atoms with Crippen LogP contribution in [0.5, 0.6) is 0 Å². The number of likely N-dealkylation sites (tertiary alicyclic amines) is 1. The van der Waals surface area contributed by atoms with Crippen LogP contribution in [0.15, 0.2) is 0 Å². The second kappa shape index (κ2) is 16.1. The molecule has 0 spiro atoms. The van der Waals surface area contributed by atoms with Crippen LogP contribution in [0, 0.1) is 5.21 Å². The van der Waals surface area contributed by atoms with Gasteiger partial charge in [-0.3, -0.25) is 0 Å². The van der Waals surface area contributed by atoms with E-state index in [2.05, 4.69) is 6.92 Å². The zero-order chi connectivity index (χ0) is 18.1. The average molecular weight is 354 g/mol. The Morgan fingerprint density at radius 1 is 0.520 bits per heavy atom. The van der Waals surface area contributed by atoms with Crippen molar-refractivity contribution in [3.63, 3.8) is 0 Å². The van der Waals surface area contributed by atoms with Gasteiger partial charge in [0.25, 0.3) is 0 Å². The van der Waals surface area contributed by atoms with Crippen LogP contribution >= 0.6 is 0 Å². The van der Waals surface area contributed by atoms with Gasteiger partial charge in [-0.2, -0.15) is 0 Å². The number of hydrogen-bond donors (Lipinski definition) is 0. The van der Waals surface area contributed by atoms with Crippen LogP contribution in [-0.4, -0.2) is 24.3 Å². The van der Waals surface area contributed by atoms with Crippen molar-refractivity contribution in [2.45, 2.75) is 129 Å². The maximum Gasteiger partial charge on any atom is 0.0783 e. The molecule has 0 N–H and O–H groups in total. The minimum Gasteiger partial charge on any atom is -0.633 e. The zero-order valence-electron chi connectivity index (χ0n) is 17.4. The first-order chi connectivity index (χ1) is 12.3. The van der Waals surface area contributed by atoms with E-state index in [-0.39, 0.29) is 4.65 Å². The number of rotatable bonds is 17. The average Bonchev–Trinajstić information content (AvgIpc) is 2.62. The van der Waals surface area contributed by atoms with Crippen molar-refractivity contribution in [3.8, 4) is 0 Å². The van der Waals surface area contributed by atoms with Crippen LogP contribution in [-0.2, 0) is 0 Å². The van der Waals surface area contributed by atoms with Gasteiger partial charge in [0.15, 0.2) is 0 Å². The van der Waals surface area contributed by atoms with E-state index in [0.29, 0.717) is 0 Å². The lowest BCUT2D eigenvalue weighted by Gasteiger charge is -2.45. The van der Waals surface area contributed by atoms with E-state index in [1.54, 1.807) is 0 Å². The van der Waals surface area contributed by atoms with Crippen LogP contribution < -0.4 is 0 Å². The molecule has 1 rings (SSSR count). The lowest BCUT2D eigenvalue weighted by Crippen LogP contribution is -2.46. The van der Waals surface area contributed by atoms with Crippen LogP contribution in [0.1, 0.15) is 129 Å². The predicted octanol–water partition coefficient (Wildman–Crippen LogP) is 7.75. The molecule has 0 aliphatic carbocycles. The molecule has 25 heavy (non-hydrogen) atoms. The Morgan fingerprint density at radius 2 is 0.880 bits per heavy atom. The number of piperidine rings is 1. The topological polar surface area (TPSA) is 23.1 Å². The van der Waals surface area contributed by atoms with Crippen LogP contribution in [0.3, 0.4) is 0 Å². The quantitative estimate of drug-likeness (QED) is 0.149. The third kappa shape index (κ3) is 13.7. The third-order valence-corrected chi connectivity index (χ3v) is 6.05. The van der Waals surface area contributed by atoms with Gasteiger partial charge in [0, 0.05) is 0 Å². The Kier molecular flexibility index (Phi) is 14.8. The van der Waals surface area contributed by atoms with Crippen molar-refractivity contribution in [1.29, 1.82) is 0 Å². The molecule has 0 aromatic carbocycles. The molecule has 1 heterocycles. The summed E-state index contributed by atoms with van der Waals surface area (Å²) >= 11 is 0. The molecular formula is C23H47NO. The van der Waals surface area contributed by atoms with Gasteiger partial charge < -0.3 is 9.85 Å². The van der Waals surface area contributed by atoms with Crippen LogP contribution in [0.25, 0.3) is 0 Å². The van der Waals surface area contributed by atoms with E-state index in [9.17, 15) is 5.21 Å². The molecule has 2 nitrogen and oxygen atoms in total. The molecule has 0 aromatic rings. The molecule has 0 atom stereocenters. The maximum atomic E-state index is 12.4. The van der Waals surface area contributed by atoms with Crippen molar-refractivity contribution in [3.05, 3.63) is 5.21 Å². The summed E-state index contributed by atoms with van der Waals surface area (Å²) in [6.45, 7) is 4.95. The third-order valence-electron chi connectivity index (χ3n) is 6.05. The van der Waals surface area contributed by atoms with E-state index in [0.717, 1.165) is 38.9 Å². The van der Waals surface area contributed by atoms with Gasteiger partial charge in [-0.1, -0.05) is 96.8 Å². The smallest absolute Gasteiger partial charge is 0.0783 e. The van der Waals surface area contributed by atoms with Crippen molar-refractivity contribution in [2.24, 2.45) is 0 Å². The molecule has 0 unspecified atom stereocenters. The molecule has 2 heteroatoms.